The number of anilines is 9. The fourth-order valence-electron chi connectivity index (χ4n) is 14.7. The van der Waals surface area contributed by atoms with Crippen molar-refractivity contribution in [2.24, 2.45) is 0 Å². The van der Waals surface area contributed by atoms with Crippen molar-refractivity contribution in [3.05, 3.63) is 165 Å². The van der Waals surface area contributed by atoms with Crippen molar-refractivity contribution < 1.29 is 0 Å². The van der Waals surface area contributed by atoms with Crippen LogP contribution in [0.2, 0.25) is 0 Å². The van der Waals surface area contributed by atoms with E-state index in [0.717, 1.165) is 24.9 Å². The van der Waals surface area contributed by atoms with Crippen molar-refractivity contribution in [3.63, 3.8) is 0 Å². The summed E-state index contributed by atoms with van der Waals surface area (Å²) in [6.07, 6.45) is 7.00. The van der Waals surface area contributed by atoms with E-state index in [1.165, 1.54) is 119 Å². The number of hydrogen-bond acceptors (Lipinski definition) is 4. The summed E-state index contributed by atoms with van der Waals surface area (Å²) in [5.41, 5.74) is 25.9. The molecular formula is C73H88BN3S. The van der Waals surface area contributed by atoms with Crippen LogP contribution in [0.15, 0.2) is 115 Å². The van der Waals surface area contributed by atoms with Gasteiger partial charge in [0.2, 0.25) is 0 Å². The molecule has 5 aliphatic rings. The minimum absolute atomic E-state index is 0.00999. The van der Waals surface area contributed by atoms with E-state index >= 15 is 0 Å². The van der Waals surface area contributed by atoms with Crippen molar-refractivity contribution in [3.8, 4) is 0 Å². The Kier molecular flexibility index (Phi) is 11.8. The van der Waals surface area contributed by atoms with Gasteiger partial charge in [0, 0.05) is 49.5 Å². The standard InChI is InChI=1S/C73H88BN3S/c1-45-39-47(67(5,6)7)27-32-57(45)77-58-44-55-54(70(12,13)35-36-71(55,14)15)43-56(58)74-62-59(76(49-28-25-46(26-29-49)66(2,3)4)63-61-64(78-65(63)74)73(18,19)38-37-72(61,16)17)41-51(42-60(62)77)75(48-23-21-20-22-24-48)50-30-31-52-53(40-50)69(10,11)34-33-68(52,8)9/h20-32,39-44H,33-38H2,1-19H3. The SMILES string of the molecule is Cc1cc(C(C)(C)C)ccc1N1c2cc3c(cc2B2c4sc5c(c4N(c4ccc(C(C)(C)C)cc4)c4cc(N(c6ccccc6)c6ccc7c(c6)C(C)(C)CCC7(C)C)cc1c42)C(C)(C)CCC5(C)C)C(C)(C)CCC3(C)C. The third kappa shape index (κ3) is 8.22. The monoisotopic (exact) mass is 1050 g/mol. The molecule has 5 heteroatoms. The molecule has 0 bridgehead atoms. The second kappa shape index (κ2) is 17.3. The highest BCUT2D eigenvalue weighted by Gasteiger charge is 2.52. The molecule has 0 amide bonds. The van der Waals surface area contributed by atoms with Gasteiger partial charge in [0.1, 0.15) is 0 Å². The van der Waals surface area contributed by atoms with Crippen LogP contribution in [0.1, 0.15) is 213 Å². The van der Waals surface area contributed by atoms with Gasteiger partial charge in [0.25, 0.3) is 6.71 Å². The van der Waals surface area contributed by atoms with Crippen molar-refractivity contribution in [2.75, 3.05) is 14.7 Å². The average molecular weight is 1050 g/mol. The summed E-state index contributed by atoms with van der Waals surface area (Å²) < 4.78 is 1.50. The summed E-state index contributed by atoms with van der Waals surface area (Å²) >= 11 is 2.14. The lowest BCUT2D eigenvalue weighted by atomic mass is 9.35. The fourth-order valence-corrected chi connectivity index (χ4v) is 16.4. The zero-order chi connectivity index (χ0) is 55.8. The molecule has 1 aromatic heterocycles. The molecule has 0 atom stereocenters. The summed E-state index contributed by atoms with van der Waals surface area (Å²) in [5, 5.41) is 0. The van der Waals surface area contributed by atoms with E-state index in [1.807, 2.05) is 0 Å². The number of aryl methyl sites for hydroxylation is 1. The van der Waals surface area contributed by atoms with Crippen molar-refractivity contribution in [1.29, 1.82) is 0 Å². The number of benzene rings is 6. The van der Waals surface area contributed by atoms with E-state index in [-0.39, 0.29) is 50.0 Å². The molecule has 78 heavy (non-hydrogen) atoms. The molecule has 0 saturated carbocycles. The molecule has 0 unspecified atom stereocenters. The highest BCUT2D eigenvalue weighted by molar-refractivity contribution is 7.29. The van der Waals surface area contributed by atoms with Crippen LogP contribution in [0, 0.1) is 6.92 Å². The Bertz CT molecular complexity index is 3570. The van der Waals surface area contributed by atoms with Gasteiger partial charge in [-0.1, -0.05) is 179 Å². The van der Waals surface area contributed by atoms with E-state index in [1.54, 1.807) is 10.4 Å². The van der Waals surface area contributed by atoms with Crippen molar-refractivity contribution >= 4 is 84.9 Å². The first-order valence-electron chi connectivity index (χ1n) is 29.7. The molecule has 3 heterocycles. The van der Waals surface area contributed by atoms with Gasteiger partial charge in [0.05, 0.1) is 11.4 Å². The fraction of sp³-hybridized carbons (Fsp3) is 0.452. The predicted octanol–water partition coefficient (Wildman–Crippen LogP) is 19.3. The maximum Gasteiger partial charge on any atom is 0.264 e. The molecular weight excluding hydrogens is 962 g/mol. The lowest BCUT2D eigenvalue weighted by Crippen LogP contribution is -2.61. The first-order chi connectivity index (χ1) is 36.3. The Morgan fingerprint density at radius 2 is 0.974 bits per heavy atom. The lowest BCUT2D eigenvalue weighted by molar-refractivity contribution is 0.332. The summed E-state index contributed by atoms with van der Waals surface area (Å²) in [4.78, 5) is 9.67. The van der Waals surface area contributed by atoms with E-state index in [4.69, 9.17) is 0 Å². The van der Waals surface area contributed by atoms with Crippen LogP contribution in [0.4, 0.5) is 51.2 Å². The third-order valence-electron chi connectivity index (χ3n) is 20.2. The predicted molar refractivity (Wildman–Crippen MR) is 341 cm³/mol. The van der Waals surface area contributed by atoms with E-state index in [9.17, 15) is 0 Å². The van der Waals surface area contributed by atoms with Crippen molar-refractivity contribution in [2.45, 2.75) is 213 Å². The highest BCUT2D eigenvalue weighted by Crippen LogP contribution is 2.59. The van der Waals surface area contributed by atoms with Crippen LogP contribution < -0.4 is 30.4 Å². The Balaban J connectivity index is 1.26. The first-order valence-corrected chi connectivity index (χ1v) is 30.5. The second-order valence-corrected chi connectivity index (χ2v) is 31.8. The van der Waals surface area contributed by atoms with Crippen LogP contribution in [0.3, 0.4) is 0 Å². The third-order valence-corrected chi connectivity index (χ3v) is 21.8. The van der Waals surface area contributed by atoms with Gasteiger partial charge in [-0.25, -0.2) is 0 Å². The van der Waals surface area contributed by atoms with E-state index < -0.39 is 0 Å². The summed E-state index contributed by atoms with van der Waals surface area (Å²) in [6, 6.07) is 46.5. The largest absolute Gasteiger partial charge is 0.311 e. The minimum atomic E-state index is -0.0341. The minimum Gasteiger partial charge on any atom is -0.311 e. The number of hydrogen-bond donors (Lipinski definition) is 0. The topological polar surface area (TPSA) is 9.72 Å². The van der Waals surface area contributed by atoms with E-state index in [0.29, 0.717) is 0 Å². The average Bonchev–Trinajstić information content (AvgIpc) is 3.84. The molecule has 0 radical (unpaired) electrons. The lowest BCUT2D eigenvalue weighted by Gasteiger charge is -2.48. The molecule has 404 valence electrons. The molecule has 3 aliphatic carbocycles. The molecule has 0 fully saturated rings. The van der Waals surface area contributed by atoms with Crippen LogP contribution in [-0.2, 0) is 43.3 Å². The van der Waals surface area contributed by atoms with Gasteiger partial charge in [-0.3, -0.25) is 0 Å². The molecule has 2 aliphatic heterocycles. The molecule has 7 aromatic rings. The maximum atomic E-state index is 2.77. The van der Waals surface area contributed by atoms with E-state index in [2.05, 4.69) is 273 Å². The molecule has 6 aromatic carbocycles. The van der Waals surface area contributed by atoms with Crippen molar-refractivity contribution in [1.82, 2.24) is 0 Å². The highest BCUT2D eigenvalue weighted by atomic mass is 32.1. The zero-order valence-corrected chi connectivity index (χ0v) is 51.9. The van der Waals surface area contributed by atoms with Crippen LogP contribution in [0.5, 0.6) is 0 Å². The maximum absolute atomic E-state index is 2.77. The molecule has 3 nitrogen and oxygen atoms in total. The zero-order valence-electron chi connectivity index (χ0n) is 51.0. The Morgan fingerprint density at radius 3 is 1.56 bits per heavy atom. The van der Waals surface area contributed by atoms with Gasteiger partial charge >= 0.3 is 0 Å². The number of para-hydroxylation sites is 1. The summed E-state index contributed by atoms with van der Waals surface area (Å²) in [5.74, 6) is 0. The Hall–Kier alpha value is -5.52. The quantitative estimate of drug-likeness (QED) is 0.159. The second-order valence-electron chi connectivity index (χ2n) is 30.7. The summed E-state index contributed by atoms with van der Waals surface area (Å²) in [6.45, 7) is 46.5. The van der Waals surface area contributed by atoms with Crippen LogP contribution >= 0.6 is 11.3 Å². The molecule has 12 rings (SSSR count). The smallest absolute Gasteiger partial charge is 0.264 e. The molecule has 0 spiro atoms. The number of nitrogens with zero attached hydrogens (tertiary/aromatic N) is 3. The Labute approximate surface area is 475 Å². The first kappa shape index (κ1) is 53.1. The van der Waals surface area contributed by atoms with Gasteiger partial charge in [0.15, 0.2) is 0 Å². The number of fused-ring (bicyclic) bond motifs is 8. The van der Waals surface area contributed by atoms with Gasteiger partial charge in [-0.15, -0.1) is 0 Å². The van der Waals surface area contributed by atoms with Crippen LogP contribution in [0.25, 0.3) is 0 Å². The summed E-state index contributed by atoms with van der Waals surface area (Å²) in [7, 11) is 0. The van der Waals surface area contributed by atoms with Gasteiger partial charge < -0.3 is 14.7 Å². The number of rotatable bonds is 5. The van der Waals surface area contributed by atoms with Gasteiger partial charge in [-0.05, 0) is 205 Å². The Morgan fingerprint density at radius 1 is 0.449 bits per heavy atom. The number of thiophene rings is 1. The van der Waals surface area contributed by atoms with Crippen LogP contribution in [-0.4, -0.2) is 6.71 Å². The molecule has 0 N–H and O–H groups in total. The van der Waals surface area contributed by atoms with Gasteiger partial charge in [-0.2, -0.15) is 11.3 Å². The molecule has 0 saturated heterocycles. The normalized spacial score (nSPS) is 19.7.